The van der Waals surface area contributed by atoms with Crippen LogP contribution in [0.2, 0.25) is 5.02 Å². The topological polar surface area (TPSA) is 101 Å². The normalized spacial score (nSPS) is 15.5. The van der Waals surface area contributed by atoms with E-state index in [9.17, 15) is 24.2 Å². The number of anilines is 3. The first-order valence-electron chi connectivity index (χ1n) is 12.4. The second kappa shape index (κ2) is 11.3. The minimum absolute atomic E-state index is 0.0667. The van der Waals surface area contributed by atoms with E-state index >= 15 is 0 Å². The molecule has 1 aliphatic rings. The zero-order valence-electron chi connectivity index (χ0n) is 21.7. The fourth-order valence-corrected chi connectivity index (χ4v) is 4.28. The standard InChI is InChI=1S/C27H21ClF4N8/c1-14(9-29)40-13-23(38-39-40)25(15-2-4-17(30)5-3-15)36-18-6-20-24(37-19-8-22(31)27(32)35-12-19)16(10-33)11-34-26(20)21(28)7-18/h2-8,11-14,25,36,38-39H,9H2,1H3,(H,34,37)/t14-,25+/m0/s1/i25D. The monoisotopic (exact) mass is 569 g/mol. The van der Waals surface area contributed by atoms with Gasteiger partial charge in [0.05, 0.1) is 52.8 Å². The number of hydrogen-bond donors (Lipinski definition) is 4. The van der Waals surface area contributed by atoms with E-state index in [1.165, 1.54) is 47.7 Å². The molecule has 2 aromatic heterocycles. The van der Waals surface area contributed by atoms with Gasteiger partial charge < -0.3 is 16.1 Å². The lowest BCUT2D eigenvalue weighted by Gasteiger charge is -2.22. The highest BCUT2D eigenvalue weighted by atomic mass is 35.5. The van der Waals surface area contributed by atoms with Gasteiger partial charge in [-0.3, -0.25) is 9.99 Å². The minimum Gasteiger partial charge on any atom is -0.373 e. The van der Waals surface area contributed by atoms with Crippen molar-refractivity contribution in [1.29, 1.82) is 5.26 Å². The van der Waals surface area contributed by atoms with Crippen molar-refractivity contribution in [3.63, 3.8) is 0 Å². The van der Waals surface area contributed by atoms with Crippen molar-refractivity contribution in [3.05, 3.63) is 100 Å². The molecule has 1 aliphatic heterocycles. The molecule has 0 amide bonds. The van der Waals surface area contributed by atoms with E-state index in [1.54, 1.807) is 13.0 Å². The highest BCUT2D eigenvalue weighted by Gasteiger charge is 2.25. The van der Waals surface area contributed by atoms with Gasteiger partial charge >= 0.3 is 0 Å². The van der Waals surface area contributed by atoms with E-state index in [4.69, 9.17) is 11.6 Å². The summed E-state index contributed by atoms with van der Waals surface area (Å²) in [6.07, 6.45) is 3.87. The summed E-state index contributed by atoms with van der Waals surface area (Å²) < 4.78 is 63.8. The molecular formula is C27H21ClF4N8. The summed E-state index contributed by atoms with van der Waals surface area (Å²) in [7, 11) is 0. The maximum Gasteiger partial charge on any atom is 0.249 e. The van der Waals surface area contributed by atoms with Crippen molar-refractivity contribution in [2.24, 2.45) is 0 Å². The molecule has 4 N–H and O–H groups in total. The molecule has 0 spiro atoms. The van der Waals surface area contributed by atoms with Crippen molar-refractivity contribution in [1.82, 2.24) is 25.9 Å². The third kappa shape index (κ3) is 5.42. The molecule has 0 radical (unpaired) electrons. The summed E-state index contributed by atoms with van der Waals surface area (Å²) in [5, 5.41) is 17.7. The molecule has 3 heterocycles. The fraction of sp³-hybridized carbons (Fsp3) is 0.148. The molecule has 13 heteroatoms. The molecule has 2 atom stereocenters. The zero-order valence-corrected chi connectivity index (χ0v) is 21.5. The number of halogens is 5. The number of benzene rings is 2. The first kappa shape index (κ1) is 25.7. The Labute approximate surface area is 232 Å². The molecule has 0 bridgehead atoms. The predicted octanol–water partition coefficient (Wildman–Crippen LogP) is 5.99. The van der Waals surface area contributed by atoms with Crippen molar-refractivity contribution in [2.45, 2.75) is 19.0 Å². The van der Waals surface area contributed by atoms with Gasteiger partial charge in [0, 0.05) is 29.5 Å². The molecule has 40 heavy (non-hydrogen) atoms. The Morgan fingerprint density at radius 3 is 2.60 bits per heavy atom. The average Bonchev–Trinajstić information content (AvgIpc) is 3.46. The molecule has 5 rings (SSSR count). The Bertz CT molecular complexity index is 1700. The van der Waals surface area contributed by atoms with Crippen LogP contribution in [-0.4, -0.2) is 27.7 Å². The molecule has 4 aromatic rings. The highest BCUT2D eigenvalue weighted by Crippen LogP contribution is 2.37. The highest BCUT2D eigenvalue weighted by molar-refractivity contribution is 6.36. The van der Waals surface area contributed by atoms with Gasteiger partial charge in [-0.2, -0.15) is 9.65 Å². The summed E-state index contributed by atoms with van der Waals surface area (Å²) in [5.74, 6) is -2.96. The summed E-state index contributed by atoms with van der Waals surface area (Å²) >= 11 is 6.58. The molecule has 2 aromatic carbocycles. The number of pyridine rings is 2. The number of nitriles is 1. The number of rotatable bonds is 8. The van der Waals surface area contributed by atoms with Gasteiger partial charge in [-0.25, -0.2) is 18.2 Å². The Balaban J connectivity index is 1.63. The van der Waals surface area contributed by atoms with Gasteiger partial charge in [-0.05, 0) is 36.8 Å². The van der Waals surface area contributed by atoms with Crippen molar-refractivity contribution >= 4 is 39.6 Å². The second-order valence-corrected chi connectivity index (χ2v) is 9.24. The van der Waals surface area contributed by atoms with Crippen molar-refractivity contribution < 1.29 is 18.9 Å². The Hall–Kier alpha value is -4.60. The Morgan fingerprint density at radius 1 is 1.12 bits per heavy atom. The number of hydrazine groups is 2. The molecule has 0 fully saturated rings. The van der Waals surface area contributed by atoms with E-state index in [-0.39, 0.29) is 33.2 Å². The lowest BCUT2D eigenvalue weighted by molar-refractivity contribution is 0.178. The third-order valence-electron chi connectivity index (χ3n) is 6.07. The van der Waals surface area contributed by atoms with Crippen LogP contribution < -0.4 is 21.6 Å². The molecule has 0 unspecified atom stereocenters. The molecule has 204 valence electrons. The Morgan fingerprint density at radius 2 is 1.90 bits per heavy atom. The molecule has 0 saturated heterocycles. The smallest absolute Gasteiger partial charge is 0.249 e. The van der Waals surface area contributed by atoms with E-state index < -0.39 is 36.3 Å². The fourth-order valence-electron chi connectivity index (χ4n) is 4.01. The van der Waals surface area contributed by atoms with E-state index in [1.807, 2.05) is 6.07 Å². The van der Waals surface area contributed by atoms with Crippen LogP contribution in [0.4, 0.5) is 34.6 Å². The molecular weight excluding hydrogens is 548 g/mol. The van der Waals surface area contributed by atoms with Crippen LogP contribution in [0.3, 0.4) is 0 Å². The van der Waals surface area contributed by atoms with E-state index in [0.29, 0.717) is 16.6 Å². The van der Waals surface area contributed by atoms with Gasteiger partial charge in [0.2, 0.25) is 5.95 Å². The number of nitrogens with zero attached hydrogens (tertiary/aromatic N) is 4. The maximum atomic E-state index is 13.9. The quantitative estimate of drug-likeness (QED) is 0.152. The number of hydrogen-bond acceptors (Lipinski definition) is 8. The van der Waals surface area contributed by atoms with Crippen LogP contribution >= 0.6 is 11.6 Å². The van der Waals surface area contributed by atoms with Crippen molar-refractivity contribution in [3.8, 4) is 6.07 Å². The van der Waals surface area contributed by atoms with Crippen LogP contribution in [0.25, 0.3) is 10.9 Å². The lowest BCUT2D eigenvalue weighted by Crippen LogP contribution is -2.43. The van der Waals surface area contributed by atoms with E-state index in [0.717, 1.165) is 12.3 Å². The number of alkyl halides is 1. The maximum absolute atomic E-state index is 13.9. The average molecular weight is 570 g/mol. The molecule has 0 aliphatic carbocycles. The molecule has 0 saturated carbocycles. The van der Waals surface area contributed by atoms with Gasteiger partial charge in [-0.15, -0.1) is 5.53 Å². The first-order chi connectivity index (χ1) is 19.6. The Kier molecular flexibility index (Phi) is 7.22. The van der Waals surface area contributed by atoms with Gasteiger partial charge in [0.1, 0.15) is 18.6 Å². The number of nitrogens with one attached hydrogen (secondary N) is 4. The number of fused-ring (bicyclic) bond motifs is 1. The SMILES string of the molecule is [2H][C@](Nc1cc(Cl)c2ncc(C#N)c(Nc3cnc(F)c(F)c3)c2c1)(C1=CN([C@@H](C)CF)NN1)c1ccc(F)cc1. The van der Waals surface area contributed by atoms with Crippen LogP contribution in [-0.2, 0) is 0 Å². The van der Waals surface area contributed by atoms with Gasteiger partial charge in [0.25, 0.3) is 0 Å². The summed E-state index contributed by atoms with van der Waals surface area (Å²) in [4.78, 5) is 7.63. The van der Waals surface area contributed by atoms with Gasteiger partial charge in [0.15, 0.2) is 5.82 Å². The zero-order chi connectivity index (χ0) is 29.3. The van der Waals surface area contributed by atoms with E-state index in [2.05, 4.69) is 31.6 Å². The lowest BCUT2D eigenvalue weighted by atomic mass is 10.0. The van der Waals surface area contributed by atoms with Crippen LogP contribution in [0, 0.1) is 28.9 Å². The summed E-state index contributed by atoms with van der Waals surface area (Å²) in [6, 6.07) is 8.93. The summed E-state index contributed by atoms with van der Waals surface area (Å²) in [5.41, 5.74) is 7.18. The van der Waals surface area contributed by atoms with Crippen molar-refractivity contribution in [2.75, 3.05) is 17.3 Å². The van der Waals surface area contributed by atoms with Crippen LogP contribution in [0.15, 0.2) is 66.8 Å². The van der Waals surface area contributed by atoms with Gasteiger partial charge in [-0.1, -0.05) is 23.7 Å². The van der Waals surface area contributed by atoms with Crippen LogP contribution in [0.5, 0.6) is 0 Å². The van der Waals surface area contributed by atoms with Crippen LogP contribution in [0.1, 0.15) is 25.4 Å². The number of aromatic nitrogens is 2. The predicted molar refractivity (Wildman–Crippen MR) is 143 cm³/mol. The largest absolute Gasteiger partial charge is 0.373 e. The first-order valence-corrected chi connectivity index (χ1v) is 12.2. The third-order valence-corrected chi connectivity index (χ3v) is 6.36. The minimum atomic E-state index is -1.78. The molecule has 8 nitrogen and oxygen atoms in total. The second-order valence-electron chi connectivity index (χ2n) is 8.83. The summed E-state index contributed by atoms with van der Waals surface area (Å²) in [6.45, 7) is 0.982.